The molecule has 0 saturated heterocycles. The van der Waals surface area contributed by atoms with Crippen LogP contribution in [-0.2, 0) is 16.9 Å². The SMILES string of the molecule is COc1ccc2c(c1OC)C(=O)OC2(O)C1=NCCc2cc3c(cc21)OCO3. The van der Waals surface area contributed by atoms with Crippen LogP contribution in [0.1, 0.15) is 27.0 Å². The number of hydrogen-bond donors (Lipinski definition) is 1. The summed E-state index contributed by atoms with van der Waals surface area (Å²) in [4.78, 5) is 17.2. The van der Waals surface area contributed by atoms with E-state index in [2.05, 4.69) is 4.99 Å². The summed E-state index contributed by atoms with van der Waals surface area (Å²) in [7, 11) is 2.90. The van der Waals surface area contributed by atoms with Gasteiger partial charge in [-0.2, -0.15) is 0 Å². The Morgan fingerprint density at radius 1 is 1.14 bits per heavy atom. The monoisotopic (exact) mass is 383 g/mol. The fraction of sp³-hybridized carbons (Fsp3) is 0.300. The van der Waals surface area contributed by atoms with E-state index in [9.17, 15) is 9.90 Å². The standard InChI is InChI=1S/C20H17NO7/c1-24-13-4-3-12-16(17(13)25-2)19(22)28-20(12,23)18-11-8-15-14(26-9-27-15)7-10(11)5-6-21-18/h3-4,7-8,23H,5-6,9H2,1-2H3. The van der Waals surface area contributed by atoms with Gasteiger partial charge in [0.15, 0.2) is 23.0 Å². The number of carbonyl (C=O) groups is 1. The molecule has 0 radical (unpaired) electrons. The highest BCUT2D eigenvalue weighted by atomic mass is 16.7. The Morgan fingerprint density at radius 3 is 2.68 bits per heavy atom. The van der Waals surface area contributed by atoms with Gasteiger partial charge in [0.05, 0.1) is 14.2 Å². The van der Waals surface area contributed by atoms with Gasteiger partial charge in [0.25, 0.3) is 5.79 Å². The molecular formula is C20H17NO7. The molecule has 0 fully saturated rings. The second-order valence-electron chi connectivity index (χ2n) is 6.60. The van der Waals surface area contributed by atoms with Crippen molar-refractivity contribution in [2.24, 2.45) is 4.99 Å². The predicted octanol–water partition coefficient (Wildman–Crippen LogP) is 1.79. The zero-order valence-electron chi connectivity index (χ0n) is 15.3. The maximum atomic E-state index is 12.7. The Hall–Kier alpha value is -3.26. The van der Waals surface area contributed by atoms with Crippen molar-refractivity contribution in [1.82, 2.24) is 0 Å². The Balaban J connectivity index is 1.69. The number of cyclic esters (lactones) is 1. The first-order chi connectivity index (χ1) is 13.6. The second kappa shape index (κ2) is 5.87. The molecule has 1 unspecified atom stereocenters. The second-order valence-corrected chi connectivity index (χ2v) is 6.60. The summed E-state index contributed by atoms with van der Waals surface area (Å²) in [6.07, 6.45) is 0.679. The molecule has 144 valence electrons. The van der Waals surface area contributed by atoms with Crippen LogP contribution in [0.2, 0.25) is 0 Å². The van der Waals surface area contributed by atoms with Crippen LogP contribution in [0.25, 0.3) is 0 Å². The number of benzene rings is 2. The van der Waals surface area contributed by atoms with Gasteiger partial charge < -0.3 is 28.8 Å². The van der Waals surface area contributed by atoms with Gasteiger partial charge in [-0.25, -0.2) is 4.79 Å². The van der Waals surface area contributed by atoms with Gasteiger partial charge in [-0.05, 0) is 36.2 Å². The van der Waals surface area contributed by atoms with Crippen molar-refractivity contribution in [3.63, 3.8) is 0 Å². The van der Waals surface area contributed by atoms with Gasteiger partial charge in [0, 0.05) is 17.7 Å². The van der Waals surface area contributed by atoms with Crippen LogP contribution >= 0.6 is 0 Å². The number of fused-ring (bicyclic) bond motifs is 3. The first-order valence-electron chi connectivity index (χ1n) is 8.76. The van der Waals surface area contributed by atoms with E-state index in [1.165, 1.54) is 14.2 Å². The molecule has 0 amide bonds. The smallest absolute Gasteiger partial charge is 0.345 e. The molecule has 8 nitrogen and oxygen atoms in total. The molecule has 28 heavy (non-hydrogen) atoms. The molecule has 0 aromatic heterocycles. The summed E-state index contributed by atoms with van der Waals surface area (Å²) in [5, 5.41) is 11.5. The highest BCUT2D eigenvalue weighted by molar-refractivity contribution is 6.13. The molecule has 1 N–H and O–H groups in total. The van der Waals surface area contributed by atoms with Crippen molar-refractivity contribution >= 4 is 11.7 Å². The molecule has 0 aliphatic carbocycles. The molecule has 3 heterocycles. The topological polar surface area (TPSA) is 95.8 Å². The number of aliphatic imine (C=N–C) groups is 1. The summed E-state index contributed by atoms with van der Waals surface area (Å²) < 4.78 is 27.0. The van der Waals surface area contributed by atoms with Gasteiger partial charge in [-0.1, -0.05) is 0 Å². The molecule has 1 atom stereocenters. The van der Waals surface area contributed by atoms with Gasteiger partial charge in [-0.15, -0.1) is 0 Å². The van der Waals surface area contributed by atoms with Gasteiger partial charge >= 0.3 is 5.97 Å². The first-order valence-corrected chi connectivity index (χ1v) is 8.76. The summed E-state index contributed by atoms with van der Waals surface area (Å²) in [6, 6.07) is 6.85. The van der Waals surface area contributed by atoms with Crippen LogP contribution in [0.3, 0.4) is 0 Å². The lowest BCUT2D eigenvalue weighted by Gasteiger charge is -2.28. The van der Waals surface area contributed by atoms with Crippen molar-refractivity contribution in [1.29, 1.82) is 0 Å². The minimum atomic E-state index is -2.03. The number of methoxy groups -OCH3 is 2. The Kier molecular flexibility index (Phi) is 3.54. The van der Waals surface area contributed by atoms with Gasteiger partial charge in [0.1, 0.15) is 11.3 Å². The highest BCUT2D eigenvalue weighted by Gasteiger charge is 2.52. The summed E-state index contributed by atoms with van der Waals surface area (Å²) >= 11 is 0. The minimum Gasteiger partial charge on any atom is -0.493 e. The van der Waals surface area contributed by atoms with Gasteiger partial charge in [0.2, 0.25) is 6.79 Å². The first kappa shape index (κ1) is 16.9. The Labute approximate surface area is 160 Å². The van der Waals surface area contributed by atoms with Crippen molar-refractivity contribution in [2.75, 3.05) is 27.6 Å². The molecular weight excluding hydrogens is 366 g/mol. The lowest BCUT2D eigenvalue weighted by molar-refractivity contribution is -0.106. The molecule has 3 aliphatic rings. The number of hydrogen-bond acceptors (Lipinski definition) is 8. The van der Waals surface area contributed by atoms with Crippen molar-refractivity contribution in [3.8, 4) is 23.0 Å². The number of rotatable bonds is 3. The fourth-order valence-corrected chi connectivity index (χ4v) is 3.90. The lowest BCUT2D eigenvalue weighted by Crippen LogP contribution is -2.38. The van der Waals surface area contributed by atoms with Crippen LogP contribution in [0.4, 0.5) is 0 Å². The van der Waals surface area contributed by atoms with Crippen LogP contribution in [0.5, 0.6) is 23.0 Å². The third kappa shape index (κ3) is 2.15. The van der Waals surface area contributed by atoms with Crippen LogP contribution in [0.15, 0.2) is 29.3 Å². The van der Waals surface area contributed by atoms with E-state index in [1.54, 1.807) is 18.2 Å². The van der Waals surface area contributed by atoms with Crippen molar-refractivity contribution in [2.45, 2.75) is 12.2 Å². The summed E-state index contributed by atoms with van der Waals surface area (Å²) in [6.45, 7) is 0.592. The number of esters is 1. The molecule has 0 saturated carbocycles. The van der Waals surface area contributed by atoms with E-state index in [0.29, 0.717) is 35.8 Å². The average molecular weight is 383 g/mol. The van der Waals surface area contributed by atoms with E-state index in [4.69, 9.17) is 23.7 Å². The fourth-order valence-electron chi connectivity index (χ4n) is 3.90. The van der Waals surface area contributed by atoms with E-state index in [-0.39, 0.29) is 29.4 Å². The highest BCUT2D eigenvalue weighted by Crippen LogP contribution is 2.47. The molecule has 2 aromatic rings. The van der Waals surface area contributed by atoms with Crippen LogP contribution < -0.4 is 18.9 Å². The van der Waals surface area contributed by atoms with E-state index < -0.39 is 11.8 Å². The van der Waals surface area contributed by atoms with Crippen LogP contribution in [-0.4, -0.2) is 44.3 Å². The molecule has 0 bridgehead atoms. The molecule has 5 rings (SSSR count). The normalized spacial score (nSPS) is 21.5. The lowest BCUT2D eigenvalue weighted by atomic mass is 9.88. The maximum absolute atomic E-state index is 12.7. The summed E-state index contributed by atoms with van der Waals surface area (Å²) in [5.74, 6) is -0.936. The maximum Gasteiger partial charge on any atom is 0.345 e. The molecule has 2 aromatic carbocycles. The number of nitrogens with zero attached hydrogens (tertiary/aromatic N) is 1. The summed E-state index contributed by atoms with van der Waals surface area (Å²) in [5.41, 5.74) is 2.24. The van der Waals surface area contributed by atoms with Crippen LogP contribution in [0, 0.1) is 0 Å². The third-order valence-corrected chi connectivity index (χ3v) is 5.18. The Bertz CT molecular complexity index is 1050. The Morgan fingerprint density at radius 2 is 1.93 bits per heavy atom. The number of aliphatic hydroxyl groups is 1. The molecule has 0 spiro atoms. The minimum absolute atomic E-state index is 0.125. The van der Waals surface area contributed by atoms with E-state index >= 15 is 0 Å². The molecule has 8 heteroatoms. The zero-order valence-corrected chi connectivity index (χ0v) is 15.3. The van der Waals surface area contributed by atoms with E-state index in [1.807, 2.05) is 6.07 Å². The predicted molar refractivity (Wildman–Crippen MR) is 96.5 cm³/mol. The average Bonchev–Trinajstić information content (AvgIpc) is 3.27. The quantitative estimate of drug-likeness (QED) is 0.808. The number of ether oxygens (including phenoxy) is 5. The third-order valence-electron chi connectivity index (χ3n) is 5.18. The van der Waals surface area contributed by atoms with Gasteiger partial charge in [-0.3, -0.25) is 4.99 Å². The van der Waals surface area contributed by atoms with Crippen molar-refractivity contribution in [3.05, 3.63) is 46.5 Å². The molecule has 3 aliphatic heterocycles. The zero-order chi connectivity index (χ0) is 19.5. The van der Waals surface area contributed by atoms with E-state index in [0.717, 1.165) is 5.56 Å². The largest absolute Gasteiger partial charge is 0.493 e. The van der Waals surface area contributed by atoms with Crippen molar-refractivity contribution < 1.29 is 33.6 Å². The number of carbonyl (C=O) groups excluding carboxylic acids is 1.